The number of nitrogens with zero attached hydrogens (tertiary/aromatic N) is 1. The average molecular weight is 346 g/mol. The maximum absolute atomic E-state index is 12.4. The van der Waals surface area contributed by atoms with Crippen LogP contribution in [-0.2, 0) is 9.53 Å². The Balaban J connectivity index is 1.86. The van der Waals surface area contributed by atoms with Crippen LogP contribution >= 0.6 is 11.6 Å². The molecule has 0 aromatic heterocycles. The molecule has 2 aromatic rings. The van der Waals surface area contributed by atoms with Crippen molar-refractivity contribution >= 4 is 17.6 Å². The molecule has 1 aliphatic rings. The third-order valence-electron chi connectivity index (χ3n) is 4.33. The summed E-state index contributed by atoms with van der Waals surface area (Å²) in [6.45, 7) is -0.317. The maximum Gasteiger partial charge on any atom is 0.310 e. The number of rotatable bonds is 5. The van der Waals surface area contributed by atoms with Crippen molar-refractivity contribution in [2.75, 3.05) is 6.54 Å². The average Bonchev–Trinajstić information content (AvgIpc) is 2.96. The van der Waals surface area contributed by atoms with Gasteiger partial charge >= 0.3 is 5.97 Å². The van der Waals surface area contributed by atoms with Gasteiger partial charge in [-0.1, -0.05) is 54.1 Å². The lowest BCUT2D eigenvalue weighted by atomic mass is 9.83. The summed E-state index contributed by atoms with van der Waals surface area (Å²) in [6, 6.07) is 16.3. The fourth-order valence-corrected chi connectivity index (χ4v) is 3.26. The van der Waals surface area contributed by atoms with Crippen LogP contribution in [0.5, 0.6) is 0 Å². The lowest BCUT2D eigenvalue weighted by Gasteiger charge is -2.17. The fraction of sp³-hybridized carbons (Fsp3) is 0.278. The third kappa shape index (κ3) is 3.57. The monoisotopic (exact) mass is 345 g/mol. The second-order valence-corrected chi connectivity index (χ2v) is 6.29. The lowest BCUT2D eigenvalue weighted by Crippen LogP contribution is -2.24. The number of carbonyl (C=O) groups is 1. The van der Waals surface area contributed by atoms with E-state index in [1.165, 1.54) is 0 Å². The van der Waals surface area contributed by atoms with Crippen LogP contribution in [0.2, 0.25) is 5.02 Å². The molecule has 0 aliphatic carbocycles. The van der Waals surface area contributed by atoms with Crippen LogP contribution in [-0.4, -0.2) is 17.4 Å². The molecule has 3 rings (SSSR count). The quantitative estimate of drug-likeness (QED) is 0.466. The van der Waals surface area contributed by atoms with E-state index >= 15 is 0 Å². The van der Waals surface area contributed by atoms with E-state index in [1.807, 2.05) is 30.3 Å². The Hall–Kier alpha value is -2.40. The molecule has 0 N–H and O–H groups in total. The standard InChI is InChI=1S/C18H16ClNO4/c19-14-8-6-12(7-9-14)16(11-20(22)23)15-10-17(24-18(15)21)13-4-2-1-3-5-13/h1-9,15-17H,10-11H2/t15-,16-,17-/m1/s1. The van der Waals surface area contributed by atoms with Crippen molar-refractivity contribution in [3.05, 3.63) is 80.9 Å². The highest BCUT2D eigenvalue weighted by molar-refractivity contribution is 6.30. The summed E-state index contributed by atoms with van der Waals surface area (Å²) in [7, 11) is 0. The molecule has 2 aromatic carbocycles. The predicted molar refractivity (Wildman–Crippen MR) is 89.4 cm³/mol. The minimum atomic E-state index is -0.540. The minimum Gasteiger partial charge on any atom is -0.457 e. The van der Waals surface area contributed by atoms with Gasteiger partial charge in [0.25, 0.3) is 0 Å². The van der Waals surface area contributed by atoms with Crippen LogP contribution in [0.1, 0.15) is 29.6 Å². The molecule has 0 unspecified atom stereocenters. The Kier molecular flexibility index (Phi) is 4.81. The number of carbonyl (C=O) groups excluding carboxylic acids is 1. The smallest absolute Gasteiger partial charge is 0.310 e. The molecule has 0 spiro atoms. The van der Waals surface area contributed by atoms with E-state index in [1.54, 1.807) is 24.3 Å². The number of halogens is 1. The number of esters is 1. The first kappa shape index (κ1) is 16.5. The summed E-state index contributed by atoms with van der Waals surface area (Å²) in [5.74, 6) is -1.45. The van der Waals surface area contributed by atoms with Crippen molar-refractivity contribution in [2.24, 2.45) is 5.92 Å². The SMILES string of the molecule is O=C1O[C@@H](c2ccccc2)C[C@@H]1[C@H](C[N+](=O)[O-])c1ccc(Cl)cc1. The Morgan fingerprint density at radius 3 is 2.46 bits per heavy atom. The van der Waals surface area contributed by atoms with Crippen LogP contribution in [0.25, 0.3) is 0 Å². The van der Waals surface area contributed by atoms with Gasteiger partial charge in [-0.15, -0.1) is 0 Å². The first-order chi connectivity index (χ1) is 11.5. The molecular formula is C18H16ClNO4. The molecular weight excluding hydrogens is 330 g/mol. The van der Waals surface area contributed by atoms with Gasteiger partial charge in [0.05, 0.1) is 11.8 Å². The number of cyclic esters (lactones) is 1. The molecule has 0 saturated carbocycles. The molecule has 3 atom stereocenters. The van der Waals surface area contributed by atoms with Gasteiger partial charge in [-0.3, -0.25) is 14.9 Å². The van der Waals surface area contributed by atoms with Gasteiger partial charge in [-0.2, -0.15) is 0 Å². The number of ether oxygens (including phenoxy) is 1. The highest BCUT2D eigenvalue weighted by atomic mass is 35.5. The van der Waals surface area contributed by atoms with Crippen molar-refractivity contribution in [3.8, 4) is 0 Å². The van der Waals surface area contributed by atoms with Crippen molar-refractivity contribution in [1.82, 2.24) is 0 Å². The second kappa shape index (κ2) is 7.01. The molecule has 5 nitrogen and oxygen atoms in total. The van der Waals surface area contributed by atoms with Gasteiger partial charge in [-0.25, -0.2) is 0 Å². The molecule has 6 heteroatoms. The maximum atomic E-state index is 12.4. The zero-order valence-electron chi connectivity index (χ0n) is 12.8. The Labute approximate surface area is 144 Å². The normalized spacial score (nSPS) is 21.3. The Morgan fingerprint density at radius 2 is 1.83 bits per heavy atom. The van der Waals surface area contributed by atoms with E-state index in [0.29, 0.717) is 11.4 Å². The van der Waals surface area contributed by atoms with Crippen LogP contribution in [0.4, 0.5) is 0 Å². The van der Waals surface area contributed by atoms with Crippen molar-refractivity contribution in [1.29, 1.82) is 0 Å². The summed E-state index contributed by atoms with van der Waals surface area (Å²) in [5.41, 5.74) is 1.64. The van der Waals surface area contributed by atoms with Crippen molar-refractivity contribution < 1.29 is 14.5 Å². The van der Waals surface area contributed by atoms with E-state index in [-0.39, 0.29) is 23.5 Å². The molecule has 0 bridgehead atoms. The highest BCUT2D eigenvalue weighted by Gasteiger charge is 2.42. The molecule has 0 amide bonds. The summed E-state index contributed by atoms with van der Waals surface area (Å²) in [5, 5.41) is 11.6. The number of nitro groups is 1. The Bertz CT molecular complexity index is 732. The topological polar surface area (TPSA) is 69.4 Å². The van der Waals surface area contributed by atoms with E-state index in [2.05, 4.69) is 0 Å². The summed E-state index contributed by atoms with van der Waals surface area (Å²) in [6.07, 6.45) is 0.0783. The molecule has 1 aliphatic heterocycles. The number of hydrogen-bond donors (Lipinski definition) is 0. The second-order valence-electron chi connectivity index (χ2n) is 5.85. The predicted octanol–water partition coefficient (Wildman–Crippen LogP) is 4.00. The molecule has 1 fully saturated rings. The van der Waals surface area contributed by atoms with Gasteiger partial charge in [0.2, 0.25) is 6.54 Å². The zero-order valence-corrected chi connectivity index (χ0v) is 13.6. The summed E-state index contributed by atoms with van der Waals surface area (Å²) < 4.78 is 5.48. The first-order valence-electron chi connectivity index (χ1n) is 7.67. The van der Waals surface area contributed by atoms with Crippen LogP contribution in [0, 0.1) is 16.0 Å². The number of benzene rings is 2. The van der Waals surface area contributed by atoms with Crippen LogP contribution in [0.15, 0.2) is 54.6 Å². The molecule has 1 heterocycles. The fourth-order valence-electron chi connectivity index (χ4n) is 3.14. The van der Waals surface area contributed by atoms with Crippen molar-refractivity contribution in [3.63, 3.8) is 0 Å². The molecule has 1 saturated heterocycles. The largest absolute Gasteiger partial charge is 0.457 e. The molecule has 0 radical (unpaired) electrons. The molecule has 24 heavy (non-hydrogen) atoms. The summed E-state index contributed by atoms with van der Waals surface area (Å²) >= 11 is 5.89. The van der Waals surface area contributed by atoms with E-state index in [4.69, 9.17) is 16.3 Å². The van der Waals surface area contributed by atoms with Gasteiger partial charge < -0.3 is 4.74 Å². The molecule has 124 valence electrons. The van der Waals surface area contributed by atoms with Gasteiger partial charge in [-0.05, 0) is 23.3 Å². The van der Waals surface area contributed by atoms with Crippen molar-refractivity contribution in [2.45, 2.75) is 18.4 Å². The first-order valence-corrected chi connectivity index (χ1v) is 8.05. The number of hydrogen-bond acceptors (Lipinski definition) is 4. The Morgan fingerprint density at radius 1 is 1.17 bits per heavy atom. The third-order valence-corrected chi connectivity index (χ3v) is 4.58. The van der Waals surface area contributed by atoms with E-state index in [9.17, 15) is 14.9 Å². The highest BCUT2D eigenvalue weighted by Crippen LogP contribution is 2.41. The van der Waals surface area contributed by atoms with E-state index < -0.39 is 11.8 Å². The minimum absolute atomic E-state index is 0.317. The van der Waals surface area contributed by atoms with E-state index in [0.717, 1.165) is 11.1 Å². The zero-order chi connectivity index (χ0) is 17.1. The van der Waals surface area contributed by atoms with Crippen LogP contribution in [0.3, 0.4) is 0 Å². The van der Waals surface area contributed by atoms with Gasteiger partial charge in [0.1, 0.15) is 6.10 Å². The lowest BCUT2D eigenvalue weighted by molar-refractivity contribution is -0.484. The van der Waals surface area contributed by atoms with Gasteiger partial charge in [0, 0.05) is 16.4 Å². The van der Waals surface area contributed by atoms with Gasteiger partial charge in [0.15, 0.2) is 0 Å². The van der Waals surface area contributed by atoms with Crippen LogP contribution < -0.4 is 0 Å². The summed E-state index contributed by atoms with van der Waals surface area (Å²) in [4.78, 5) is 23.1.